The average molecular weight is 316 g/mol. The van der Waals surface area contributed by atoms with Crippen LogP contribution in [0.3, 0.4) is 0 Å². The van der Waals surface area contributed by atoms with Crippen molar-refractivity contribution in [2.45, 2.75) is 19.6 Å². The summed E-state index contributed by atoms with van der Waals surface area (Å²) in [6.45, 7) is 3.71. The molecule has 0 bridgehead atoms. The fourth-order valence-electron chi connectivity index (χ4n) is 2.61. The van der Waals surface area contributed by atoms with Gasteiger partial charge >= 0.3 is 0 Å². The van der Waals surface area contributed by atoms with Gasteiger partial charge in [-0.3, -0.25) is 14.5 Å². The van der Waals surface area contributed by atoms with Gasteiger partial charge in [-0.1, -0.05) is 0 Å². The molecule has 8 nitrogen and oxygen atoms in total. The minimum Gasteiger partial charge on any atom is -0.372 e. The van der Waals surface area contributed by atoms with Crippen LogP contribution in [0.15, 0.2) is 24.8 Å². The summed E-state index contributed by atoms with van der Waals surface area (Å²) < 4.78 is 7.44. The highest BCUT2D eigenvalue weighted by Gasteiger charge is 2.28. The first-order chi connectivity index (χ1) is 11.2. The van der Waals surface area contributed by atoms with E-state index in [4.69, 9.17) is 4.74 Å². The van der Waals surface area contributed by atoms with Crippen LogP contribution in [-0.2, 0) is 16.1 Å². The molecule has 1 fully saturated rings. The number of carbonyl (C=O) groups is 1. The number of aromatic nitrogens is 4. The number of anilines is 1. The van der Waals surface area contributed by atoms with Gasteiger partial charge in [0.05, 0.1) is 19.3 Å². The number of carbonyl (C=O) groups excluding carboxylic acids is 1. The Morgan fingerprint density at radius 2 is 2.26 bits per heavy atom. The summed E-state index contributed by atoms with van der Waals surface area (Å²) in [5.74, 6) is 0.700. The predicted octanol–water partition coefficient (Wildman–Crippen LogP) is 0.623. The van der Waals surface area contributed by atoms with Gasteiger partial charge in [0.25, 0.3) is 0 Å². The second kappa shape index (κ2) is 6.74. The zero-order valence-corrected chi connectivity index (χ0v) is 13.3. The maximum absolute atomic E-state index is 12.5. The molecule has 1 amide bonds. The molecule has 0 spiro atoms. The number of aryl methyl sites for hydroxylation is 1. The number of rotatable bonds is 4. The Hall–Kier alpha value is -2.48. The molecule has 0 saturated carbocycles. The third-order valence-corrected chi connectivity index (χ3v) is 3.75. The molecule has 23 heavy (non-hydrogen) atoms. The van der Waals surface area contributed by atoms with E-state index in [2.05, 4.69) is 20.4 Å². The molecule has 0 aliphatic carbocycles. The standard InChI is InChI=1S/C15H20N6O2/c1-11-7-19-21(8-11)10-13(22)20-5-6-23-12(9-20)14-15(16-2)18-4-3-17-14/h3-4,7-8,12H,5-6,9-10H2,1-2H3,(H,16,18). The minimum absolute atomic E-state index is 0.0243. The van der Waals surface area contributed by atoms with E-state index in [0.717, 1.165) is 11.3 Å². The summed E-state index contributed by atoms with van der Waals surface area (Å²) in [6, 6.07) is 0. The quantitative estimate of drug-likeness (QED) is 0.890. The molecule has 1 unspecified atom stereocenters. The molecule has 2 aromatic rings. The highest BCUT2D eigenvalue weighted by atomic mass is 16.5. The zero-order chi connectivity index (χ0) is 16.2. The topological polar surface area (TPSA) is 85.2 Å². The summed E-state index contributed by atoms with van der Waals surface area (Å²) >= 11 is 0. The molecule has 3 heterocycles. The summed E-state index contributed by atoms with van der Waals surface area (Å²) in [6.07, 6.45) is 6.59. The molecule has 1 aliphatic rings. The lowest BCUT2D eigenvalue weighted by Crippen LogP contribution is -2.44. The SMILES string of the molecule is CNc1nccnc1C1CN(C(=O)Cn2cc(C)cn2)CCO1. The molecule has 3 rings (SSSR count). The number of nitrogens with zero attached hydrogens (tertiary/aromatic N) is 5. The number of morpholine rings is 1. The van der Waals surface area contributed by atoms with Crippen LogP contribution in [0.1, 0.15) is 17.4 Å². The molecule has 1 saturated heterocycles. The summed E-state index contributed by atoms with van der Waals surface area (Å²) in [4.78, 5) is 22.8. The van der Waals surface area contributed by atoms with Crippen molar-refractivity contribution in [2.75, 3.05) is 32.1 Å². The molecule has 2 aromatic heterocycles. The lowest BCUT2D eigenvalue weighted by molar-refractivity contribution is -0.140. The zero-order valence-electron chi connectivity index (χ0n) is 13.3. The van der Waals surface area contributed by atoms with Crippen molar-refractivity contribution < 1.29 is 9.53 Å². The van der Waals surface area contributed by atoms with Crippen LogP contribution in [0.4, 0.5) is 5.82 Å². The summed E-state index contributed by atoms with van der Waals surface area (Å²) in [5.41, 5.74) is 1.76. The Labute approximate surface area is 134 Å². The number of ether oxygens (including phenoxy) is 1. The van der Waals surface area contributed by atoms with Gasteiger partial charge < -0.3 is 15.0 Å². The number of nitrogens with one attached hydrogen (secondary N) is 1. The van der Waals surface area contributed by atoms with Crippen LogP contribution in [0.2, 0.25) is 0 Å². The van der Waals surface area contributed by atoms with Crippen molar-refractivity contribution in [3.8, 4) is 0 Å². The molecule has 0 aromatic carbocycles. The first kappa shape index (κ1) is 15.4. The first-order valence-electron chi connectivity index (χ1n) is 7.54. The van der Waals surface area contributed by atoms with Gasteiger partial charge in [-0.15, -0.1) is 0 Å². The Bertz CT molecular complexity index is 686. The van der Waals surface area contributed by atoms with Gasteiger partial charge in [-0.25, -0.2) is 4.98 Å². The van der Waals surface area contributed by atoms with E-state index >= 15 is 0 Å². The normalized spacial score (nSPS) is 18.0. The van der Waals surface area contributed by atoms with Crippen LogP contribution in [0, 0.1) is 6.92 Å². The second-order valence-corrected chi connectivity index (χ2v) is 5.45. The van der Waals surface area contributed by atoms with Crippen LogP contribution in [0.5, 0.6) is 0 Å². The largest absolute Gasteiger partial charge is 0.372 e. The average Bonchev–Trinajstić information content (AvgIpc) is 2.99. The lowest BCUT2D eigenvalue weighted by atomic mass is 10.2. The van der Waals surface area contributed by atoms with Crippen molar-refractivity contribution in [2.24, 2.45) is 0 Å². The monoisotopic (exact) mass is 316 g/mol. The maximum atomic E-state index is 12.5. The summed E-state index contributed by atoms with van der Waals surface area (Å²) in [5, 5.41) is 7.17. The molecule has 122 valence electrons. The fourth-order valence-corrected chi connectivity index (χ4v) is 2.61. The van der Waals surface area contributed by atoms with Crippen LogP contribution in [0.25, 0.3) is 0 Å². The van der Waals surface area contributed by atoms with E-state index in [1.54, 1.807) is 35.2 Å². The van der Waals surface area contributed by atoms with Gasteiger partial charge in [0.1, 0.15) is 24.2 Å². The van der Waals surface area contributed by atoms with E-state index in [1.165, 1.54) is 0 Å². The van der Waals surface area contributed by atoms with Crippen LogP contribution >= 0.6 is 0 Å². The Balaban J connectivity index is 1.69. The molecule has 8 heteroatoms. The molecular formula is C15H20N6O2. The molecule has 1 atom stereocenters. The first-order valence-corrected chi connectivity index (χ1v) is 7.54. The highest BCUT2D eigenvalue weighted by molar-refractivity contribution is 5.76. The van der Waals surface area contributed by atoms with Crippen molar-refractivity contribution >= 4 is 11.7 Å². The Morgan fingerprint density at radius 3 is 3.00 bits per heavy atom. The van der Waals surface area contributed by atoms with Gasteiger partial charge in [-0.05, 0) is 12.5 Å². The lowest BCUT2D eigenvalue weighted by Gasteiger charge is -2.33. The third kappa shape index (κ3) is 3.48. The molecule has 0 radical (unpaired) electrons. The minimum atomic E-state index is -0.275. The van der Waals surface area contributed by atoms with E-state index in [-0.39, 0.29) is 18.6 Å². The van der Waals surface area contributed by atoms with Crippen LogP contribution < -0.4 is 5.32 Å². The van der Waals surface area contributed by atoms with E-state index < -0.39 is 0 Å². The van der Waals surface area contributed by atoms with E-state index in [1.807, 2.05) is 13.1 Å². The smallest absolute Gasteiger partial charge is 0.244 e. The summed E-state index contributed by atoms with van der Waals surface area (Å²) in [7, 11) is 1.79. The second-order valence-electron chi connectivity index (χ2n) is 5.45. The number of hydrogen-bond donors (Lipinski definition) is 1. The highest BCUT2D eigenvalue weighted by Crippen LogP contribution is 2.25. The van der Waals surface area contributed by atoms with Crippen molar-refractivity contribution in [1.29, 1.82) is 0 Å². The van der Waals surface area contributed by atoms with Crippen molar-refractivity contribution in [3.63, 3.8) is 0 Å². The van der Waals surface area contributed by atoms with Crippen LogP contribution in [-0.4, -0.2) is 57.3 Å². The van der Waals surface area contributed by atoms with Gasteiger partial charge in [0.15, 0.2) is 0 Å². The Kier molecular flexibility index (Phi) is 4.52. The number of hydrogen-bond acceptors (Lipinski definition) is 6. The van der Waals surface area contributed by atoms with E-state index in [0.29, 0.717) is 25.5 Å². The Morgan fingerprint density at radius 1 is 1.43 bits per heavy atom. The molecular weight excluding hydrogens is 296 g/mol. The molecule has 1 N–H and O–H groups in total. The number of amides is 1. The van der Waals surface area contributed by atoms with Gasteiger partial charge in [0, 0.05) is 32.2 Å². The third-order valence-electron chi connectivity index (χ3n) is 3.75. The van der Waals surface area contributed by atoms with Gasteiger partial charge in [0.2, 0.25) is 5.91 Å². The predicted molar refractivity (Wildman–Crippen MR) is 83.8 cm³/mol. The maximum Gasteiger partial charge on any atom is 0.244 e. The fraction of sp³-hybridized carbons (Fsp3) is 0.467. The van der Waals surface area contributed by atoms with Crippen molar-refractivity contribution in [1.82, 2.24) is 24.6 Å². The van der Waals surface area contributed by atoms with Gasteiger partial charge in [-0.2, -0.15) is 5.10 Å². The van der Waals surface area contributed by atoms with Crippen molar-refractivity contribution in [3.05, 3.63) is 36.0 Å². The molecule has 1 aliphatic heterocycles. The van der Waals surface area contributed by atoms with E-state index in [9.17, 15) is 4.79 Å².